The zero-order valence-corrected chi connectivity index (χ0v) is 19.1. The highest BCUT2D eigenvalue weighted by atomic mass is 35.5. The summed E-state index contributed by atoms with van der Waals surface area (Å²) in [7, 11) is -3.79. The van der Waals surface area contributed by atoms with Gasteiger partial charge in [0, 0.05) is 24.2 Å². The Balaban J connectivity index is 1.64. The molecule has 170 valence electrons. The predicted molar refractivity (Wildman–Crippen MR) is 116 cm³/mol. The minimum atomic E-state index is -3.79. The second-order valence-corrected chi connectivity index (χ2v) is 10.5. The van der Waals surface area contributed by atoms with Crippen LogP contribution in [0.4, 0.5) is 8.78 Å². The van der Waals surface area contributed by atoms with E-state index >= 15 is 0 Å². The Morgan fingerprint density at radius 3 is 2.29 bits per heavy atom. The van der Waals surface area contributed by atoms with Gasteiger partial charge in [-0.25, -0.2) is 21.5 Å². The molecule has 2 aromatic carbocycles. The number of sulfonamides is 1. The van der Waals surface area contributed by atoms with E-state index in [4.69, 9.17) is 16.3 Å². The average molecular weight is 474 g/mol. The van der Waals surface area contributed by atoms with Crippen LogP contribution in [0, 0.1) is 25.5 Å². The quantitative estimate of drug-likeness (QED) is 0.677. The van der Waals surface area contributed by atoms with Crippen molar-refractivity contribution in [3.8, 4) is 5.75 Å². The van der Waals surface area contributed by atoms with E-state index in [1.165, 1.54) is 4.31 Å². The highest BCUT2D eigenvalue weighted by molar-refractivity contribution is 7.88. The first-order valence-corrected chi connectivity index (χ1v) is 12.0. The van der Waals surface area contributed by atoms with Crippen molar-refractivity contribution in [2.24, 2.45) is 0 Å². The van der Waals surface area contributed by atoms with Crippen LogP contribution in [0.15, 0.2) is 30.3 Å². The molecule has 0 radical (unpaired) electrons. The lowest BCUT2D eigenvalue weighted by molar-refractivity contribution is -0.0156. The molecule has 2 aromatic rings. The van der Waals surface area contributed by atoms with Crippen LogP contribution in [0.2, 0.25) is 5.02 Å². The summed E-state index contributed by atoms with van der Waals surface area (Å²) in [5, 5.41) is 11.6. The Bertz CT molecular complexity index is 1020. The number of nitrogens with zero attached hydrogens (tertiary/aromatic N) is 1. The van der Waals surface area contributed by atoms with E-state index in [9.17, 15) is 22.3 Å². The number of halogens is 3. The molecule has 0 spiro atoms. The molecule has 3 rings (SSSR count). The highest BCUT2D eigenvalue weighted by Crippen LogP contribution is 2.29. The SMILES string of the molecule is Cc1cc(OCC2(O)CCCN(S(=O)(=O)Cc3cc(F)cc(F)c3)CC2)cc(C)c1Cl. The molecule has 0 aliphatic carbocycles. The van der Waals surface area contributed by atoms with Crippen molar-refractivity contribution in [2.75, 3.05) is 19.7 Å². The Kier molecular flexibility index (Phi) is 7.25. The van der Waals surface area contributed by atoms with Crippen molar-refractivity contribution in [1.29, 1.82) is 0 Å². The van der Waals surface area contributed by atoms with E-state index < -0.39 is 33.0 Å². The third kappa shape index (κ3) is 6.16. The second-order valence-electron chi connectivity index (χ2n) is 8.17. The summed E-state index contributed by atoms with van der Waals surface area (Å²) in [6.45, 7) is 4.09. The highest BCUT2D eigenvalue weighted by Gasteiger charge is 2.34. The number of rotatable bonds is 6. The normalized spacial score (nSPS) is 20.5. The third-order valence-corrected chi connectivity index (χ3v) is 7.90. The summed E-state index contributed by atoms with van der Waals surface area (Å²) >= 11 is 6.17. The lowest BCUT2D eigenvalue weighted by atomic mass is 9.96. The molecular formula is C22H26ClF2NO4S. The minimum absolute atomic E-state index is 0.0243. The fourth-order valence-corrected chi connectivity index (χ4v) is 5.44. The van der Waals surface area contributed by atoms with Crippen LogP contribution in [0.1, 0.15) is 36.0 Å². The van der Waals surface area contributed by atoms with E-state index in [-0.39, 0.29) is 31.7 Å². The zero-order chi connectivity index (χ0) is 22.8. The van der Waals surface area contributed by atoms with Crippen molar-refractivity contribution in [3.05, 3.63) is 63.7 Å². The van der Waals surface area contributed by atoms with Gasteiger partial charge in [-0.05, 0) is 74.1 Å². The number of hydrogen-bond acceptors (Lipinski definition) is 4. The Hall–Kier alpha value is -1.74. The summed E-state index contributed by atoms with van der Waals surface area (Å²) in [4.78, 5) is 0. The lowest BCUT2D eigenvalue weighted by Crippen LogP contribution is -2.38. The van der Waals surface area contributed by atoms with Crippen LogP contribution < -0.4 is 4.74 Å². The maximum absolute atomic E-state index is 13.4. The van der Waals surface area contributed by atoms with Crippen LogP contribution in [-0.2, 0) is 15.8 Å². The molecule has 0 amide bonds. The Morgan fingerprint density at radius 1 is 1.06 bits per heavy atom. The van der Waals surface area contributed by atoms with Gasteiger partial charge in [-0.1, -0.05) is 11.6 Å². The van der Waals surface area contributed by atoms with Gasteiger partial charge < -0.3 is 9.84 Å². The van der Waals surface area contributed by atoms with Crippen LogP contribution in [0.3, 0.4) is 0 Å². The molecule has 0 aromatic heterocycles. The molecule has 1 aliphatic rings. The van der Waals surface area contributed by atoms with Gasteiger partial charge in [-0.15, -0.1) is 0 Å². The molecule has 1 atom stereocenters. The third-order valence-electron chi connectivity index (χ3n) is 5.46. The van der Waals surface area contributed by atoms with Crippen molar-refractivity contribution >= 4 is 21.6 Å². The topological polar surface area (TPSA) is 66.8 Å². The van der Waals surface area contributed by atoms with Gasteiger partial charge in [-0.2, -0.15) is 0 Å². The van der Waals surface area contributed by atoms with Crippen molar-refractivity contribution in [3.63, 3.8) is 0 Å². The van der Waals surface area contributed by atoms with Crippen LogP contribution in [0.25, 0.3) is 0 Å². The first-order chi connectivity index (χ1) is 14.5. The number of hydrogen-bond donors (Lipinski definition) is 1. The van der Waals surface area contributed by atoms with Crippen LogP contribution >= 0.6 is 11.6 Å². The van der Waals surface area contributed by atoms with E-state index in [0.29, 0.717) is 29.7 Å². The summed E-state index contributed by atoms with van der Waals surface area (Å²) in [6.07, 6.45) is 1.00. The van der Waals surface area contributed by atoms with Gasteiger partial charge >= 0.3 is 0 Å². The number of aliphatic hydroxyl groups is 1. The maximum Gasteiger partial charge on any atom is 0.218 e. The molecule has 31 heavy (non-hydrogen) atoms. The standard InChI is InChI=1S/C22H26ClF2NO4S/c1-15-8-20(9-16(2)21(15)23)30-14-22(27)4-3-6-26(7-5-22)31(28,29)13-17-10-18(24)12-19(25)11-17/h8-12,27H,3-7,13-14H2,1-2H3. The molecule has 1 saturated heterocycles. The first-order valence-electron chi connectivity index (χ1n) is 10.0. The maximum atomic E-state index is 13.4. The van der Waals surface area contributed by atoms with E-state index in [1.54, 1.807) is 12.1 Å². The van der Waals surface area contributed by atoms with Gasteiger partial charge in [0.25, 0.3) is 0 Å². The van der Waals surface area contributed by atoms with Crippen LogP contribution in [0.5, 0.6) is 5.75 Å². The molecular weight excluding hydrogens is 448 g/mol. The van der Waals surface area contributed by atoms with Gasteiger partial charge in [0.05, 0.1) is 11.4 Å². The fourth-order valence-electron chi connectivity index (χ4n) is 3.78. The summed E-state index contributed by atoms with van der Waals surface area (Å²) in [5.41, 5.74) is 0.608. The lowest BCUT2D eigenvalue weighted by Gasteiger charge is -2.27. The summed E-state index contributed by atoms with van der Waals surface area (Å²) in [6, 6.07) is 6.32. The molecule has 1 heterocycles. The van der Waals surface area contributed by atoms with Gasteiger partial charge in [0.15, 0.2) is 0 Å². The Morgan fingerprint density at radius 2 is 1.68 bits per heavy atom. The fraction of sp³-hybridized carbons (Fsp3) is 0.455. The molecule has 9 heteroatoms. The summed E-state index contributed by atoms with van der Waals surface area (Å²) in [5.74, 6) is -1.55. The van der Waals surface area contributed by atoms with E-state index in [1.807, 2.05) is 13.8 Å². The largest absolute Gasteiger partial charge is 0.491 e. The molecule has 1 N–H and O–H groups in total. The van der Waals surface area contributed by atoms with Gasteiger partial charge in [-0.3, -0.25) is 0 Å². The number of ether oxygens (including phenoxy) is 1. The number of benzene rings is 2. The molecule has 5 nitrogen and oxygen atoms in total. The smallest absolute Gasteiger partial charge is 0.218 e. The Labute approximate surface area is 186 Å². The molecule has 1 aliphatic heterocycles. The van der Waals surface area contributed by atoms with Crippen molar-refractivity contribution in [1.82, 2.24) is 4.31 Å². The molecule has 1 fully saturated rings. The second kappa shape index (κ2) is 9.40. The minimum Gasteiger partial charge on any atom is -0.491 e. The van der Waals surface area contributed by atoms with Crippen molar-refractivity contribution < 1.29 is 27.0 Å². The first kappa shape index (κ1) is 23.9. The van der Waals surface area contributed by atoms with Gasteiger partial charge in [0.2, 0.25) is 10.0 Å². The number of aryl methyl sites for hydroxylation is 2. The molecule has 0 bridgehead atoms. The zero-order valence-electron chi connectivity index (χ0n) is 17.5. The van der Waals surface area contributed by atoms with Crippen molar-refractivity contribution in [2.45, 2.75) is 44.5 Å². The van der Waals surface area contributed by atoms with Gasteiger partial charge in [0.1, 0.15) is 24.0 Å². The molecule has 1 unspecified atom stereocenters. The van der Waals surface area contributed by atoms with Crippen LogP contribution in [-0.4, -0.2) is 43.1 Å². The summed E-state index contributed by atoms with van der Waals surface area (Å²) < 4.78 is 59.5. The predicted octanol–water partition coefficient (Wildman–Crippen LogP) is 4.36. The molecule has 0 saturated carbocycles. The van der Waals surface area contributed by atoms with E-state index in [0.717, 1.165) is 23.3 Å². The van der Waals surface area contributed by atoms with E-state index in [2.05, 4.69) is 0 Å². The average Bonchev–Trinajstić information content (AvgIpc) is 2.86. The monoisotopic (exact) mass is 473 g/mol.